The van der Waals surface area contributed by atoms with Crippen molar-refractivity contribution in [2.75, 3.05) is 18.2 Å². The van der Waals surface area contributed by atoms with Crippen LogP contribution < -0.4 is 21.3 Å². The summed E-state index contributed by atoms with van der Waals surface area (Å²) in [6.07, 6.45) is 1.32. The first-order valence-corrected chi connectivity index (χ1v) is 5.85. The summed E-state index contributed by atoms with van der Waals surface area (Å²) in [5, 5.41) is 6.45. The molecule has 0 spiro atoms. The maximum absolute atomic E-state index is 11.9. The number of anilines is 2. The summed E-state index contributed by atoms with van der Waals surface area (Å²) < 4.78 is 6.15. The first kappa shape index (κ1) is 13.6. The van der Waals surface area contributed by atoms with Crippen LogP contribution in [0.15, 0.2) is 41.3 Å². The molecule has 0 atom stereocenters. The van der Waals surface area contributed by atoms with Crippen LogP contribution in [-0.4, -0.2) is 22.8 Å². The Morgan fingerprint density at radius 1 is 1.45 bits per heavy atom. The number of nitrogen functional groups attached to an aromatic ring is 1. The van der Waals surface area contributed by atoms with Gasteiger partial charge in [-0.2, -0.15) is 5.10 Å². The zero-order valence-corrected chi connectivity index (χ0v) is 10.9. The van der Waals surface area contributed by atoms with Crippen LogP contribution in [0.5, 0.6) is 5.75 Å². The second-order valence-corrected chi connectivity index (χ2v) is 4.03. The number of hydrogen-bond donors (Lipinski definition) is 2. The van der Waals surface area contributed by atoms with Crippen molar-refractivity contribution in [1.82, 2.24) is 9.78 Å². The molecule has 0 unspecified atom stereocenters. The molecule has 104 valence electrons. The summed E-state index contributed by atoms with van der Waals surface area (Å²) in [5.41, 5.74) is 5.79. The summed E-state index contributed by atoms with van der Waals surface area (Å²) in [7, 11) is 1.51. The number of para-hydroxylation sites is 2. The van der Waals surface area contributed by atoms with E-state index in [2.05, 4.69) is 10.4 Å². The molecule has 2 rings (SSSR count). The number of aromatic nitrogens is 2. The molecule has 0 aliphatic rings. The van der Waals surface area contributed by atoms with E-state index in [1.165, 1.54) is 19.4 Å². The van der Waals surface area contributed by atoms with Gasteiger partial charge in [0.2, 0.25) is 5.91 Å². The molecule has 3 N–H and O–H groups in total. The van der Waals surface area contributed by atoms with E-state index in [9.17, 15) is 9.59 Å². The van der Waals surface area contributed by atoms with Crippen LogP contribution in [-0.2, 0) is 11.3 Å². The maximum atomic E-state index is 11.9. The molecule has 0 aliphatic carbocycles. The molecule has 20 heavy (non-hydrogen) atoms. The van der Waals surface area contributed by atoms with Gasteiger partial charge in [-0.25, -0.2) is 4.68 Å². The zero-order chi connectivity index (χ0) is 14.5. The molecule has 0 aliphatic heterocycles. The lowest BCUT2D eigenvalue weighted by molar-refractivity contribution is -0.117. The number of nitrogens with zero attached hydrogens (tertiary/aromatic N) is 2. The fraction of sp³-hybridized carbons (Fsp3) is 0.154. The normalized spacial score (nSPS) is 10.1. The molecule has 1 aromatic heterocycles. The molecule has 7 nitrogen and oxygen atoms in total. The minimum atomic E-state index is -0.430. The Bertz CT molecular complexity index is 681. The number of carbonyl (C=O) groups excluding carboxylic acids is 1. The molecule has 7 heteroatoms. The van der Waals surface area contributed by atoms with E-state index in [1.807, 2.05) is 0 Å². The highest BCUT2D eigenvalue weighted by Crippen LogP contribution is 2.22. The smallest absolute Gasteiger partial charge is 0.269 e. The van der Waals surface area contributed by atoms with Gasteiger partial charge in [-0.05, 0) is 12.1 Å². The van der Waals surface area contributed by atoms with Gasteiger partial charge in [-0.3, -0.25) is 9.59 Å². The zero-order valence-electron chi connectivity index (χ0n) is 10.9. The molecular weight excluding hydrogens is 260 g/mol. The summed E-state index contributed by atoms with van der Waals surface area (Å²) >= 11 is 0. The van der Waals surface area contributed by atoms with E-state index in [-0.39, 0.29) is 18.1 Å². The standard InChI is InChI=1S/C13H14N4O3/c1-20-11-5-3-2-4-10(11)16-12(18)8-17-13(19)6-9(14)7-15-17/h2-7H,8,14H2,1H3,(H,16,18). The first-order chi connectivity index (χ1) is 9.60. The summed E-state index contributed by atoms with van der Waals surface area (Å²) in [4.78, 5) is 23.5. The minimum Gasteiger partial charge on any atom is -0.495 e. The maximum Gasteiger partial charge on any atom is 0.269 e. The van der Waals surface area contributed by atoms with Gasteiger partial charge in [0, 0.05) is 6.07 Å². The number of hydrogen-bond acceptors (Lipinski definition) is 5. The highest BCUT2D eigenvalue weighted by atomic mass is 16.5. The van der Waals surface area contributed by atoms with Crippen LogP contribution in [0, 0.1) is 0 Å². The number of carbonyl (C=O) groups is 1. The van der Waals surface area contributed by atoms with Gasteiger partial charge < -0.3 is 15.8 Å². The van der Waals surface area contributed by atoms with Crippen molar-refractivity contribution in [3.63, 3.8) is 0 Å². The molecule has 0 saturated carbocycles. The molecule has 1 aromatic carbocycles. The number of nitrogens with one attached hydrogen (secondary N) is 1. The highest BCUT2D eigenvalue weighted by molar-refractivity contribution is 5.92. The summed E-state index contributed by atoms with van der Waals surface area (Å²) in [6.45, 7) is -0.197. The quantitative estimate of drug-likeness (QED) is 0.844. The summed E-state index contributed by atoms with van der Waals surface area (Å²) in [6, 6.07) is 8.20. The Morgan fingerprint density at radius 3 is 2.90 bits per heavy atom. The van der Waals surface area contributed by atoms with Crippen LogP contribution in [0.4, 0.5) is 11.4 Å². The van der Waals surface area contributed by atoms with Crippen LogP contribution in [0.1, 0.15) is 0 Å². The van der Waals surface area contributed by atoms with Gasteiger partial charge in [-0.15, -0.1) is 0 Å². The third-order valence-corrected chi connectivity index (χ3v) is 2.57. The largest absolute Gasteiger partial charge is 0.495 e. The highest BCUT2D eigenvalue weighted by Gasteiger charge is 2.09. The lowest BCUT2D eigenvalue weighted by Gasteiger charge is -2.10. The third-order valence-electron chi connectivity index (χ3n) is 2.57. The molecule has 1 amide bonds. The Balaban J connectivity index is 2.11. The number of nitrogens with two attached hydrogens (primary N) is 1. The van der Waals surface area contributed by atoms with Crippen LogP contribution in [0.3, 0.4) is 0 Å². The van der Waals surface area contributed by atoms with E-state index < -0.39 is 5.56 Å². The fourth-order valence-corrected chi connectivity index (χ4v) is 1.64. The number of benzene rings is 1. The van der Waals surface area contributed by atoms with Crippen molar-refractivity contribution in [2.24, 2.45) is 0 Å². The molecule has 2 aromatic rings. The molecule has 0 radical (unpaired) electrons. The topological polar surface area (TPSA) is 99.2 Å². The van der Waals surface area contributed by atoms with Crippen LogP contribution in [0.25, 0.3) is 0 Å². The van der Waals surface area contributed by atoms with Gasteiger partial charge in [0.25, 0.3) is 5.56 Å². The first-order valence-electron chi connectivity index (χ1n) is 5.85. The van der Waals surface area contributed by atoms with Crippen molar-refractivity contribution in [1.29, 1.82) is 0 Å². The minimum absolute atomic E-state index is 0.197. The van der Waals surface area contributed by atoms with Gasteiger partial charge in [0.15, 0.2) is 0 Å². The average Bonchev–Trinajstić information content (AvgIpc) is 2.42. The lowest BCUT2D eigenvalue weighted by Crippen LogP contribution is -2.29. The fourth-order valence-electron chi connectivity index (χ4n) is 1.64. The van der Waals surface area contributed by atoms with E-state index in [1.54, 1.807) is 24.3 Å². The van der Waals surface area contributed by atoms with E-state index >= 15 is 0 Å². The monoisotopic (exact) mass is 274 g/mol. The second kappa shape index (κ2) is 5.87. The molecule has 0 saturated heterocycles. The van der Waals surface area contributed by atoms with Crippen molar-refractivity contribution in [3.05, 3.63) is 46.9 Å². The summed E-state index contributed by atoms with van der Waals surface area (Å²) in [5.74, 6) is 0.160. The van der Waals surface area contributed by atoms with Crippen molar-refractivity contribution < 1.29 is 9.53 Å². The Kier molecular flexibility index (Phi) is 3.99. The molecule has 1 heterocycles. The van der Waals surface area contributed by atoms with E-state index in [0.29, 0.717) is 11.4 Å². The molecule has 0 fully saturated rings. The number of amides is 1. The van der Waals surface area contributed by atoms with Gasteiger partial charge in [0.1, 0.15) is 12.3 Å². The predicted octanol–water partition coefficient (Wildman–Crippen LogP) is 0.473. The number of methoxy groups -OCH3 is 1. The van der Waals surface area contributed by atoms with Crippen LogP contribution in [0.2, 0.25) is 0 Å². The SMILES string of the molecule is COc1ccccc1NC(=O)Cn1ncc(N)cc1=O. The third kappa shape index (κ3) is 3.14. The van der Waals surface area contributed by atoms with E-state index in [4.69, 9.17) is 10.5 Å². The molecular formula is C13H14N4O3. The lowest BCUT2D eigenvalue weighted by atomic mass is 10.3. The van der Waals surface area contributed by atoms with Crippen molar-refractivity contribution in [3.8, 4) is 5.75 Å². The molecule has 0 bridgehead atoms. The Hall–Kier alpha value is -2.83. The van der Waals surface area contributed by atoms with Gasteiger partial charge in [0.05, 0.1) is 24.7 Å². The second-order valence-electron chi connectivity index (χ2n) is 4.03. The van der Waals surface area contributed by atoms with Crippen LogP contribution >= 0.6 is 0 Å². The Morgan fingerprint density at radius 2 is 2.20 bits per heavy atom. The van der Waals surface area contributed by atoms with Gasteiger partial charge >= 0.3 is 0 Å². The van der Waals surface area contributed by atoms with E-state index in [0.717, 1.165) is 4.68 Å². The van der Waals surface area contributed by atoms with Crippen molar-refractivity contribution >= 4 is 17.3 Å². The number of rotatable bonds is 4. The van der Waals surface area contributed by atoms with Gasteiger partial charge in [-0.1, -0.05) is 12.1 Å². The average molecular weight is 274 g/mol. The number of ether oxygens (including phenoxy) is 1. The Labute approximate surface area is 115 Å². The van der Waals surface area contributed by atoms with Crippen molar-refractivity contribution in [2.45, 2.75) is 6.54 Å². The predicted molar refractivity (Wildman–Crippen MR) is 74.5 cm³/mol.